The van der Waals surface area contributed by atoms with Crippen molar-refractivity contribution in [2.75, 3.05) is 13.7 Å². The van der Waals surface area contributed by atoms with E-state index in [-0.39, 0.29) is 11.8 Å². The molecule has 0 saturated heterocycles. The van der Waals surface area contributed by atoms with E-state index in [2.05, 4.69) is 5.32 Å². The summed E-state index contributed by atoms with van der Waals surface area (Å²) in [6.45, 7) is 6.61. The Kier molecular flexibility index (Phi) is 7.43. The third-order valence-electron chi connectivity index (χ3n) is 3.53. The maximum Gasteiger partial charge on any atom is 0.242 e. The largest absolute Gasteiger partial charge is 0.497 e. The van der Waals surface area contributed by atoms with Crippen LogP contribution in [0.15, 0.2) is 24.3 Å². The number of nitrogens with one attached hydrogen (secondary N) is 1. The average molecular weight is 306 g/mol. The Balaban J connectivity index is 2.83. The summed E-state index contributed by atoms with van der Waals surface area (Å²) in [5.41, 5.74) is 0.970. The van der Waals surface area contributed by atoms with Gasteiger partial charge in [0.1, 0.15) is 11.8 Å². The molecule has 0 spiro atoms. The minimum atomic E-state index is -0.485. The van der Waals surface area contributed by atoms with Crippen molar-refractivity contribution in [1.82, 2.24) is 10.2 Å². The lowest BCUT2D eigenvalue weighted by Gasteiger charge is -2.28. The van der Waals surface area contributed by atoms with Gasteiger partial charge in [-0.1, -0.05) is 26.0 Å². The second-order valence-electron chi connectivity index (χ2n) is 5.19. The van der Waals surface area contributed by atoms with Crippen molar-refractivity contribution in [2.24, 2.45) is 0 Å². The molecule has 0 saturated carbocycles. The molecule has 1 aromatic rings. The number of rotatable bonds is 8. The molecule has 1 aromatic carbocycles. The van der Waals surface area contributed by atoms with E-state index in [1.54, 1.807) is 25.9 Å². The number of amides is 2. The molecular formula is C17H26N2O3. The summed E-state index contributed by atoms with van der Waals surface area (Å²) in [5.74, 6) is 0.623. The fourth-order valence-electron chi connectivity index (χ4n) is 2.11. The summed E-state index contributed by atoms with van der Waals surface area (Å²) in [5, 5.41) is 2.84. The first-order valence-corrected chi connectivity index (χ1v) is 7.73. The van der Waals surface area contributed by atoms with E-state index in [4.69, 9.17) is 4.74 Å². The lowest BCUT2D eigenvalue weighted by atomic mass is 10.1. The Bertz CT molecular complexity index is 485. The molecule has 5 nitrogen and oxygen atoms in total. The highest BCUT2D eigenvalue weighted by Crippen LogP contribution is 2.15. The Morgan fingerprint density at radius 2 is 1.86 bits per heavy atom. The first-order chi connectivity index (χ1) is 10.5. The van der Waals surface area contributed by atoms with Gasteiger partial charge in [0, 0.05) is 19.5 Å². The smallest absolute Gasteiger partial charge is 0.242 e. The van der Waals surface area contributed by atoms with Crippen LogP contribution in [0.3, 0.4) is 0 Å². The molecule has 0 unspecified atom stereocenters. The Morgan fingerprint density at radius 3 is 2.36 bits per heavy atom. The molecule has 0 aliphatic heterocycles. The van der Waals surface area contributed by atoms with E-state index >= 15 is 0 Å². The molecular weight excluding hydrogens is 280 g/mol. The number of ether oxygens (including phenoxy) is 1. The molecule has 1 rings (SSSR count). The number of benzene rings is 1. The van der Waals surface area contributed by atoms with E-state index in [1.807, 2.05) is 31.2 Å². The van der Waals surface area contributed by atoms with Crippen molar-refractivity contribution >= 4 is 11.8 Å². The zero-order valence-electron chi connectivity index (χ0n) is 13.9. The molecule has 0 aromatic heterocycles. The highest BCUT2D eigenvalue weighted by atomic mass is 16.5. The van der Waals surface area contributed by atoms with Crippen LogP contribution in [0.25, 0.3) is 0 Å². The SMILES string of the molecule is CCCNC(=O)[C@@H](C)N(Cc1ccc(OC)cc1)C(=O)CC. The molecule has 5 heteroatoms. The van der Waals surface area contributed by atoms with Gasteiger partial charge in [-0.15, -0.1) is 0 Å². The first kappa shape index (κ1) is 18.0. The summed E-state index contributed by atoms with van der Waals surface area (Å²) in [6, 6.07) is 7.04. The third-order valence-corrected chi connectivity index (χ3v) is 3.53. The van der Waals surface area contributed by atoms with Gasteiger partial charge in [0.25, 0.3) is 0 Å². The predicted molar refractivity (Wildman–Crippen MR) is 86.6 cm³/mol. The van der Waals surface area contributed by atoms with Gasteiger partial charge in [-0.05, 0) is 31.0 Å². The van der Waals surface area contributed by atoms with Crippen LogP contribution in [0, 0.1) is 0 Å². The monoisotopic (exact) mass is 306 g/mol. The van der Waals surface area contributed by atoms with Gasteiger partial charge >= 0.3 is 0 Å². The van der Waals surface area contributed by atoms with Gasteiger partial charge < -0.3 is 15.0 Å². The number of carbonyl (C=O) groups excluding carboxylic acids is 2. The van der Waals surface area contributed by atoms with E-state index in [1.165, 1.54) is 0 Å². The number of hydrogen-bond donors (Lipinski definition) is 1. The van der Waals surface area contributed by atoms with Crippen molar-refractivity contribution in [3.8, 4) is 5.75 Å². The maximum atomic E-state index is 12.2. The van der Waals surface area contributed by atoms with Crippen LogP contribution in [0.1, 0.15) is 39.2 Å². The quantitative estimate of drug-likeness (QED) is 0.802. The summed E-state index contributed by atoms with van der Waals surface area (Å²) in [7, 11) is 1.61. The van der Waals surface area contributed by atoms with Crippen LogP contribution in [-0.4, -0.2) is 36.4 Å². The zero-order valence-corrected chi connectivity index (χ0v) is 13.9. The van der Waals surface area contributed by atoms with Crippen molar-refractivity contribution in [1.29, 1.82) is 0 Å². The van der Waals surface area contributed by atoms with Gasteiger partial charge in [0.15, 0.2) is 0 Å². The average Bonchev–Trinajstić information content (AvgIpc) is 2.56. The van der Waals surface area contributed by atoms with E-state index in [0.29, 0.717) is 19.5 Å². The highest BCUT2D eigenvalue weighted by Gasteiger charge is 2.24. The van der Waals surface area contributed by atoms with Crippen LogP contribution in [0.2, 0.25) is 0 Å². The van der Waals surface area contributed by atoms with E-state index < -0.39 is 6.04 Å². The maximum absolute atomic E-state index is 12.2. The van der Waals surface area contributed by atoms with Gasteiger partial charge in [-0.2, -0.15) is 0 Å². The summed E-state index contributed by atoms with van der Waals surface area (Å²) < 4.78 is 5.13. The summed E-state index contributed by atoms with van der Waals surface area (Å²) in [4.78, 5) is 25.9. The van der Waals surface area contributed by atoms with E-state index in [0.717, 1.165) is 17.7 Å². The molecule has 0 fully saturated rings. The Morgan fingerprint density at radius 1 is 1.23 bits per heavy atom. The molecule has 1 N–H and O–H groups in total. The number of nitrogens with zero attached hydrogens (tertiary/aromatic N) is 1. The second-order valence-corrected chi connectivity index (χ2v) is 5.19. The van der Waals surface area contributed by atoms with E-state index in [9.17, 15) is 9.59 Å². The molecule has 1 atom stereocenters. The standard InChI is InChI=1S/C17H26N2O3/c1-5-11-18-17(21)13(3)19(16(20)6-2)12-14-7-9-15(22-4)10-8-14/h7-10,13H,5-6,11-12H2,1-4H3,(H,18,21)/t13-/m1/s1. The second kappa shape index (κ2) is 9.07. The number of hydrogen-bond acceptors (Lipinski definition) is 3. The number of carbonyl (C=O) groups is 2. The van der Waals surface area contributed by atoms with Gasteiger partial charge in [0.2, 0.25) is 11.8 Å². The first-order valence-electron chi connectivity index (χ1n) is 7.73. The molecule has 0 bridgehead atoms. The third kappa shape index (κ3) is 5.06. The van der Waals surface area contributed by atoms with Crippen molar-refractivity contribution in [2.45, 2.75) is 46.2 Å². The lowest BCUT2D eigenvalue weighted by Crippen LogP contribution is -2.47. The summed E-state index contributed by atoms with van der Waals surface area (Å²) in [6.07, 6.45) is 1.25. The van der Waals surface area contributed by atoms with Crippen LogP contribution < -0.4 is 10.1 Å². The lowest BCUT2D eigenvalue weighted by molar-refractivity contribution is -0.140. The topological polar surface area (TPSA) is 58.6 Å². The Labute approximate surface area is 132 Å². The fraction of sp³-hybridized carbons (Fsp3) is 0.529. The van der Waals surface area contributed by atoms with Gasteiger partial charge in [-0.3, -0.25) is 9.59 Å². The normalized spacial score (nSPS) is 11.6. The zero-order chi connectivity index (χ0) is 16.5. The number of methoxy groups -OCH3 is 1. The van der Waals surface area contributed by atoms with Crippen LogP contribution in [-0.2, 0) is 16.1 Å². The van der Waals surface area contributed by atoms with Gasteiger partial charge in [-0.25, -0.2) is 0 Å². The van der Waals surface area contributed by atoms with Crippen LogP contribution in [0.4, 0.5) is 0 Å². The molecule has 0 heterocycles. The molecule has 122 valence electrons. The minimum Gasteiger partial charge on any atom is -0.497 e. The fourth-order valence-corrected chi connectivity index (χ4v) is 2.11. The molecule has 0 aliphatic carbocycles. The molecule has 0 radical (unpaired) electrons. The molecule has 0 aliphatic rings. The predicted octanol–water partition coefficient (Wildman–Crippen LogP) is 2.35. The highest BCUT2D eigenvalue weighted by molar-refractivity contribution is 5.87. The van der Waals surface area contributed by atoms with Crippen LogP contribution >= 0.6 is 0 Å². The summed E-state index contributed by atoms with van der Waals surface area (Å²) >= 11 is 0. The van der Waals surface area contributed by atoms with Crippen molar-refractivity contribution < 1.29 is 14.3 Å². The molecule has 2 amide bonds. The Hall–Kier alpha value is -2.04. The van der Waals surface area contributed by atoms with Gasteiger partial charge in [0.05, 0.1) is 7.11 Å². The minimum absolute atomic E-state index is 0.0324. The van der Waals surface area contributed by atoms with Crippen LogP contribution in [0.5, 0.6) is 5.75 Å². The molecule has 22 heavy (non-hydrogen) atoms. The van der Waals surface area contributed by atoms with Crippen molar-refractivity contribution in [3.05, 3.63) is 29.8 Å². The van der Waals surface area contributed by atoms with Crippen molar-refractivity contribution in [3.63, 3.8) is 0 Å².